The number of anilines is 1. The number of rotatable bonds is 5. The Morgan fingerprint density at radius 2 is 2.33 bits per heavy atom. The molecule has 96 valence electrons. The summed E-state index contributed by atoms with van der Waals surface area (Å²) in [6, 6.07) is 2.77. The predicted molar refractivity (Wildman–Crippen MR) is 57.4 cm³/mol. The van der Waals surface area contributed by atoms with Crippen molar-refractivity contribution in [1.82, 2.24) is 15.1 Å². The van der Waals surface area contributed by atoms with Crippen molar-refractivity contribution < 1.29 is 18.0 Å². The van der Waals surface area contributed by atoms with Gasteiger partial charge in [-0.2, -0.15) is 4.98 Å². The molecule has 0 aromatic carbocycles. The third-order valence-corrected chi connectivity index (χ3v) is 2.06. The van der Waals surface area contributed by atoms with Crippen LogP contribution in [0.15, 0.2) is 22.9 Å². The Balaban J connectivity index is 1.97. The molecule has 2 aromatic rings. The van der Waals surface area contributed by atoms with Crippen molar-refractivity contribution >= 4 is 5.95 Å². The van der Waals surface area contributed by atoms with Gasteiger partial charge in [0.2, 0.25) is 17.6 Å². The van der Waals surface area contributed by atoms with Crippen LogP contribution in [0.3, 0.4) is 0 Å². The molecule has 8 heteroatoms. The summed E-state index contributed by atoms with van der Waals surface area (Å²) in [5, 5.41) is 6.31. The molecule has 2 aromatic heterocycles. The Morgan fingerprint density at radius 3 is 3.00 bits per heavy atom. The predicted octanol–water partition coefficient (Wildman–Crippen LogP) is 2.02. The van der Waals surface area contributed by atoms with E-state index in [1.165, 1.54) is 19.4 Å². The SMILES string of the molecule is COc1ccnc(NCc2cc(C(F)F)on2)n1. The topological polar surface area (TPSA) is 73.1 Å². The van der Waals surface area contributed by atoms with Crippen LogP contribution in [0.2, 0.25) is 0 Å². The highest BCUT2D eigenvalue weighted by Gasteiger charge is 2.14. The molecule has 0 aliphatic carbocycles. The summed E-state index contributed by atoms with van der Waals surface area (Å²) in [5.74, 6) is 0.259. The number of methoxy groups -OCH3 is 1. The van der Waals surface area contributed by atoms with Crippen LogP contribution in [0.25, 0.3) is 0 Å². The molecule has 2 heterocycles. The van der Waals surface area contributed by atoms with E-state index in [1.807, 2.05) is 0 Å². The van der Waals surface area contributed by atoms with Crippen molar-refractivity contribution in [2.75, 3.05) is 12.4 Å². The number of nitrogens with zero attached hydrogens (tertiary/aromatic N) is 3. The Labute approximate surface area is 101 Å². The molecule has 0 fully saturated rings. The van der Waals surface area contributed by atoms with Gasteiger partial charge in [-0.05, 0) is 0 Å². The fourth-order valence-corrected chi connectivity index (χ4v) is 1.23. The van der Waals surface area contributed by atoms with E-state index in [0.29, 0.717) is 17.5 Å². The maximum absolute atomic E-state index is 12.2. The molecule has 0 unspecified atom stereocenters. The van der Waals surface area contributed by atoms with Gasteiger partial charge in [-0.25, -0.2) is 13.8 Å². The second kappa shape index (κ2) is 5.39. The van der Waals surface area contributed by atoms with Gasteiger partial charge in [0.05, 0.1) is 13.7 Å². The first-order valence-corrected chi connectivity index (χ1v) is 5.03. The molecule has 0 saturated heterocycles. The molecule has 18 heavy (non-hydrogen) atoms. The van der Waals surface area contributed by atoms with Crippen molar-refractivity contribution in [3.05, 3.63) is 29.8 Å². The zero-order valence-corrected chi connectivity index (χ0v) is 9.43. The van der Waals surface area contributed by atoms with Gasteiger partial charge in [-0.3, -0.25) is 0 Å². The minimum Gasteiger partial charge on any atom is -0.481 e. The fourth-order valence-electron chi connectivity index (χ4n) is 1.23. The largest absolute Gasteiger partial charge is 0.481 e. The van der Waals surface area contributed by atoms with Crippen LogP contribution >= 0.6 is 0 Å². The molecule has 6 nitrogen and oxygen atoms in total. The molecule has 0 amide bonds. The average molecular weight is 256 g/mol. The van der Waals surface area contributed by atoms with Crippen LogP contribution in [0.4, 0.5) is 14.7 Å². The molecule has 0 spiro atoms. The summed E-state index contributed by atoms with van der Waals surface area (Å²) >= 11 is 0. The summed E-state index contributed by atoms with van der Waals surface area (Å²) in [7, 11) is 1.48. The van der Waals surface area contributed by atoms with Crippen LogP contribution in [0.1, 0.15) is 17.9 Å². The maximum atomic E-state index is 12.2. The minimum absolute atomic E-state index is 0.184. The smallest absolute Gasteiger partial charge is 0.298 e. The highest BCUT2D eigenvalue weighted by Crippen LogP contribution is 2.19. The first-order valence-electron chi connectivity index (χ1n) is 5.03. The van der Waals surface area contributed by atoms with Gasteiger partial charge in [0.15, 0.2) is 0 Å². The van der Waals surface area contributed by atoms with Crippen LogP contribution in [0.5, 0.6) is 5.88 Å². The quantitative estimate of drug-likeness (QED) is 0.882. The highest BCUT2D eigenvalue weighted by molar-refractivity contribution is 5.28. The van der Waals surface area contributed by atoms with Crippen molar-refractivity contribution in [3.63, 3.8) is 0 Å². The first-order chi connectivity index (χ1) is 8.69. The van der Waals surface area contributed by atoms with E-state index in [-0.39, 0.29) is 6.54 Å². The van der Waals surface area contributed by atoms with Gasteiger partial charge >= 0.3 is 0 Å². The van der Waals surface area contributed by atoms with Gasteiger partial charge < -0.3 is 14.6 Å². The van der Waals surface area contributed by atoms with Gasteiger partial charge in [0, 0.05) is 18.3 Å². The monoisotopic (exact) mass is 256 g/mol. The summed E-state index contributed by atoms with van der Waals surface area (Å²) in [6.07, 6.45) is -1.15. The Morgan fingerprint density at radius 1 is 1.50 bits per heavy atom. The number of hydrogen-bond acceptors (Lipinski definition) is 6. The standard InChI is InChI=1S/C10H10F2N4O2/c1-17-8-2-3-13-10(15-8)14-5-6-4-7(9(11)12)18-16-6/h2-4,9H,5H2,1H3,(H,13,14,15). The lowest BCUT2D eigenvalue weighted by atomic mass is 10.3. The van der Waals surface area contributed by atoms with E-state index in [9.17, 15) is 8.78 Å². The maximum Gasteiger partial charge on any atom is 0.298 e. The van der Waals surface area contributed by atoms with E-state index >= 15 is 0 Å². The molecule has 0 aliphatic rings. The highest BCUT2D eigenvalue weighted by atomic mass is 19.3. The van der Waals surface area contributed by atoms with Crippen LogP contribution < -0.4 is 10.1 Å². The Hall–Kier alpha value is -2.25. The van der Waals surface area contributed by atoms with Gasteiger partial charge in [-0.1, -0.05) is 5.16 Å². The third kappa shape index (κ3) is 2.90. The first kappa shape index (κ1) is 12.2. The van der Waals surface area contributed by atoms with Gasteiger partial charge in [0.25, 0.3) is 6.43 Å². The molecule has 0 atom stereocenters. The normalized spacial score (nSPS) is 10.7. The molecule has 2 rings (SSSR count). The lowest BCUT2D eigenvalue weighted by Crippen LogP contribution is -2.04. The minimum atomic E-state index is -2.67. The van der Waals surface area contributed by atoms with Crippen LogP contribution in [0, 0.1) is 0 Å². The number of ether oxygens (including phenoxy) is 1. The van der Waals surface area contributed by atoms with Crippen molar-refractivity contribution in [3.8, 4) is 5.88 Å². The van der Waals surface area contributed by atoms with Crippen molar-refractivity contribution in [1.29, 1.82) is 0 Å². The van der Waals surface area contributed by atoms with Crippen LogP contribution in [-0.4, -0.2) is 22.2 Å². The summed E-state index contributed by atoms with van der Waals surface area (Å²) in [6.45, 7) is 0.184. The van der Waals surface area contributed by atoms with Crippen LogP contribution in [-0.2, 0) is 6.54 Å². The lowest BCUT2D eigenvalue weighted by Gasteiger charge is -2.03. The lowest BCUT2D eigenvalue weighted by molar-refractivity contribution is 0.112. The summed E-state index contributed by atoms with van der Waals surface area (Å²) in [5.41, 5.74) is 0.344. The van der Waals surface area contributed by atoms with Crippen molar-refractivity contribution in [2.24, 2.45) is 0 Å². The number of halogens is 2. The third-order valence-electron chi connectivity index (χ3n) is 2.06. The van der Waals surface area contributed by atoms with Crippen molar-refractivity contribution in [2.45, 2.75) is 13.0 Å². The number of hydrogen-bond donors (Lipinski definition) is 1. The zero-order valence-electron chi connectivity index (χ0n) is 9.43. The zero-order chi connectivity index (χ0) is 13.0. The number of alkyl halides is 2. The summed E-state index contributed by atoms with van der Waals surface area (Å²) < 4.78 is 33.9. The Bertz CT molecular complexity index is 518. The Kier molecular flexibility index (Phi) is 3.66. The fraction of sp³-hybridized carbons (Fsp3) is 0.300. The molecule has 1 N–H and O–H groups in total. The summed E-state index contributed by atoms with van der Waals surface area (Å²) in [4.78, 5) is 7.93. The van der Waals surface area contributed by atoms with E-state index < -0.39 is 12.2 Å². The molecule has 0 aliphatic heterocycles. The molecular weight excluding hydrogens is 246 g/mol. The van der Waals surface area contributed by atoms with E-state index in [0.717, 1.165) is 0 Å². The average Bonchev–Trinajstić information content (AvgIpc) is 2.85. The molecule has 0 bridgehead atoms. The second-order valence-electron chi connectivity index (χ2n) is 3.30. The number of nitrogens with one attached hydrogen (secondary N) is 1. The second-order valence-corrected chi connectivity index (χ2v) is 3.30. The molecular formula is C10H10F2N4O2. The van der Waals surface area contributed by atoms with Gasteiger partial charge in [-0.15, -0.1) is 0 Å². The molecule has 0 radical (unpaired) electrons. The van der Waals surface area contributed by atoms with E-state index in [2.05, 4.69) is 25.0 Å². The molecule has 0 saturated carbocycles. The van der Waals surface area contributed by atoms with Gasteiger partial charge in [0.1, 0.15) is 5.69 Å². The number of aromatic nitrogens is 3. The van der Waals surface area contributed by atoms with E-state index in [1.54, 1.807) is 6.07 Å². The van der Waals surface area contributed by atoms with E-state index in [4.69, 9.17) is 4.74 Å².